The van der Waals surface area contributed by atoms with Crippen LogP contribution in [0.4, 0.5) is 0 Å². The molecular weight excluding hydrogens is 230 g/mol. The second-order valence-corrected chi connectivity index (χ2v) is 4.81. The third-order valence-electron chi connectivity index (χ3n) is 2.77. The van der Waals surface area contributed by atoms with Gasteiger partial charge in [-0.15, -0.1) is 11.3 Å². The van der Waals surface area contributed by atoms with Crippen LogP contribution in [0.1, 0.15) is 5.82 Å². The lowest BCUT2D eigenvalue weighted by Gasteiger charge is -2.06. The van der Waals surface area contributed by atoms with Gasteiger partial charge in [0.1, 0.15) is 5.82 Å². The molecule has 3 heterocycles. The minimum Gasteiger partial charge on any atom is -0.330 e. The van der Waals surface area contributed by atoms with Crippen molar-refractivity contribution in [3.63, 3.8) is 0 Å². The SMILES string of the molecule is NCCc1ncc2cccc(-c3cccs3)n12. The van der Waals surface area contributed by atoms with Crippen LogP contribution in [0.5, 0.6) is 0 Å². The highest BCUT2D eigenvalue weighted by Gasteiger charge is 2.08. The summed E-state index contributed by atoms with van der Waals surface area (Å²) >= 11 is 1.74. The molecule has 0 aliphatic heterocycles. The molecule has 3 aromatic heterocycles. The van der Waals surface area contributed by atoms with Gasteiger partial charge in [-0.1, -0.05) is 12.1 Å². The molecule has 0 aliphatic rings. The molecular formula is C13H13N3S. The number of aromatic nitrogens is 2. The Kier molecular flexibility index (Phi) is 2.66. The number of nitrogens with zero attached hydrogens (tertiary/aromatic N) is 2. The van der Waals surface area contributed by atoms with Gasteiger partial charge >= 0.3 is 0 Å². The molecule has 3 aromatic rings. The molecule has 17 heavy (non-hydrogen) atoms. The zero-order chi connectivity index (χ0) is 11.7. The number of hydrogen-bond acceptors (Lipinski definition) is 3. The summed E-state index contributed by atoms with van der Waals surface area (Å²) in [5.41, 5.74) is 7.95. The molecule has 0 bridgehead atoms. The fraction of sp³-hybridized carbons (Fsp3) is 0.154. The summed E-state index contributed by atoms with van der Waals surface area (Å²) in [6.07, 6.45) is 2.71. The molecule has 2 N–H and O–H groups in total. The van der Waals surface area contributed by atoms with E-state index in [9.17, 15) is 0 Å². The zero-order valence-corrected chi connectivity index (χ0v) is 10.2. The second-order valence-electron chi connectivity index (χ2n) is 3.86. The molecule has 0 saturated carbocycles. The quantitative estimate of drug-likeness (QED) is 0.768. The monoisotopic (exact) mass is 243 g/mol. The van der Waals surface area contributed by atoms with Crippen LogP contribution in [0.15, 0.2) is 41.9 Å². The van der Waals surface area contributed by atoms with Crippen molar-refractivity contribution in [2.45, 2.75) is 6.42 Å². The van der Waals surface area contributed by atoms with Crippen molar-refractivity contribution in [1.82, 2.24) is 9.38 Å². The van der Waals surface area contributed by atoms with Gasteiger partial charge in [0.25, 0.3) is 0 Å². The van der Waals surface area contributed by atoms with Gasteiger partial charge in [-0.25, -0.2) is 4.98 Å². The van der Waals surface area contributed by atoms with Crippen molar-refractivity contribution in [3.05, 3.63) is 47.7 Å². The Labute approximate surface area is 104 Å². The van der Waals surface area contributed by atoms with Crippen LogP contribution >= 0.6 is 11.3 Å². The minimum atomic E-state index is 0.623. The van der Waals surface area contributed by atoms with Crippen molar-refractivity contribution in [2.24, 2.45) is 5.73 Å². The lowest BCUT2D eigenvalue weighted by molar-refractivity contribution is 0.866. The Morgan fingerprint density at radius 2 is 2.18 bits per heavy atom. The summed E-state index contributed by atoms with van der Waals surface area (Å²) in [5, 5.41) is 2.09. The topological polar surface area (TPSA) is 43.3 Å². The predicted molar refractivity (Wildman–Crippen MR) is 71.3 cm³/mol. The van der Waals surface area contributed by atoms with Gasteiger partial charge in [0, 0.05) is 6.42 Å². The van der Waals surface area contributed by atoms with Crippen molar-refractivity contribution < 1.29 is 0 Å². The fourth-order valence-electron chi connectivity index (χ4n) is 2.04. The first-order valence-corrected chi connectivity index (χ1v) is 6.47. The van der Waals surface area contributed by atoms with Crippen LogP contribution in [0.3, 0.4) is 0 Å². The van der Waals surface area contributed by atoms with Gasteiger partial charge < -0.3 is 5.73 Å². The maximum absolute atomic E-state index is 5.63. The Morgan fingerprint density at radius 1 is 1.24 bits per heavy atom. The highest BCUT2D eigenvalue weighted by molar-refractivity contribution is 7.13. The van der Waals surface area contributed by atoms with Crippen molar-refractivity contribution >= 4 is 16.9 Å². The van der Waals surface area contributed by atoms with Gasteiger partial charge in [0.15, 0.2) is 0 Å². The molecule has 0 radical (unpaired) electrons. The third-order valence-corrected chi connectivity index (χ3v) is 3.66. The number of pyridine rings is 1. The summed E-state index contributed by atoms with van der Waals surface area (Å²) in [7, 11) is 0. The predicted octanol–water partition coefficient (Wildman–Crippen LogP) is 2.56. The number of imidazole rings is 1. The maximum Gasteiger partial charge on any atom is 0.115 e. The van der Waals surface area contributed by atoms with E-state index in [0.717, 1.165) is 17.8 Å². The summed E-state index contributed by atoms with van der Waals surface area (Å²) < 4.78 is 2.19. The fourth-order valence-corrected chi connectivity index (χ4v) is 2.78. The number of nitrogens with two attached hydrogens (primary N) is 1. The Hall–Kier alpha value is -1.65. The van der Waals surface area contributed by atoms with Crippen LogP contribution in [-0.2, 0) is 6.42 Å². The number of thiophene rings is 1. The molecule has 0 atom stereocenters. The molecule has 3 rings (SSSR count). The summed E-state index contributed by atoms with van der Waals surface area (Å²) in [6.45, 7) is 0.623. The van der Waals surface area contributed by atoms with E-state index in [1.807, 2.05) is 6.20 Å². The van der Waals surface area contributed by atoms with E-state index in [2.05, 4.69) is 45.1 Å². The van der Waals surface area contributed by atoms with E-state index in [0.29, 0.717) is 6.54 Å². The largest absolute Gasteiger partial charge is 0.330 e. The van der Waals surface area contributed by atoms with Gasteiger partial charge in [-0.05, 0) is 30.1 Å². The van der Waals surface area contributed by atoms with Gasteiger partial charge in [0.05, 0.1) is 22.3 Å². The summed E-state index contributed by atoms with van der Waals surface area (Å²) in [4.78, 5) is 5.70. The molecule has 0 aromatic carbocycles. The van der Waals surface area contributed by atoms with E-state index in [1.54, 1.807) is 11.3 Å². The molecule has 0 amide bonds. The average molecular weight is 243 g/mol. The lowest BCUT2D eigenvalue weighted by Crippen LogP contribution is -2.07. The Bertz CT molecular complexity index is 625. The number of hydrogen-bond donors (Lipinski definition) is 1. The second kappa shape index (κ2) is 4.31. The first-order chi connectivity index (χ1) is 8.40. The van der Waals surface area contributed by atoms with E-state index in [-0.39, 0.29) is 0 Å². The van der Waals surface area contributed by atoms with E-state index in [1.165, 1.54) is 10.6 Å². The standard InChI is InChI=1S/C13H13N3S/c14-7-6-13-15-9-10-3-1-4-11(16(10)13)12-5-2-8-17-12/h1-5,8-9H,6-7,14H2. The van der Waals surface area contributed by atoms with Crippen LogP contribution < -0.4 is 5.73 Å². The van der Waals surface area contributed by atoms with Crippen molar-refractivity contribution in [2.75, 3.05) is 6.54 Å². The van der Waals surface area contributed by atoms with E-state index >= 15 is 0 Å². The molecule has 0 fully saturated rings. The van der Waals surface area contributed by atoms with Gasteiger partial charge in [-0.3, -0.25) is 4.40 Å². The van der Waals surface area contributed by atoms with Crippen LogP contribution in [0.25, 0.3) is 16.1 Å². The maximum atomic E-state index is 5.63. The Morgan fingerprint density at radius 3 is 2.94 bits per heavy atom. The highest BCUT2D eigenvalue weighted by Crippen LogP contribution is 2.26. The average Bonchev–Trinajstić information content (AvgIpc) is 2.98. The summed E-state index contributed by atoms with van der Waals surface area (Å²) in [5.74, 6) is 1.03. The lowest BCUT2D eigenvalue weighted by atomic mass is 10.2. The first kappa shape index (κ1) is 10.5. The molecule has 0 saturated heterocycles. The van der Waals surface area contributed by atoms with Crippen LogP contribution in [0, 0.1) is 0 Å². The number of fused-ring (bicyclic) bond motifs is 1. The molecule has 4 heteroatoms. The number of rotatable bonds is 3. The normalized spacial score (nSPS) is 11.1. The molecule has 0 unspecified atom stereocenters. The van der Waals surface area contributed by atoms with Gasteiger partial charge in [0.2, 0.25) is 0 Å². The minimum absolute atomic E-state index is 0.623. The van der Waals surface area contributed by atoms with E-state index < -0.39 is 0 Å². The van der Waals surface area contributed by atoms with E-state index in [4.69, 9.17) is 5.73 Å². The first-order valence-electron chi connectivity index (χ1n) is 5.59. The zero-order valence-electron chi connectivity index (χ0n) is 9.34. The van der Waals surface area contributed by atoms with Gasteiger partial charge in [-0.2, -0.15) is 0 Å². The Balaban J connectivity index is 2.26. The smallest absolute Gasteiger partial charge is 0.115 e. The molecule has 3 nitrogen and oxygen atoms in total. The molecule has 0 spiro atoms. The van der Waals surface area contributed by atoms with Crippen molar-refractivity contribution in [3.8, 4) is 10.6 Å². The highest BCUT2D eigenvalue weighted by atomic mass is 32.1. The van der Waals surface area contributed by atoms with Crippen molar-refractivity contribution in [1.29, 1.82) is 0 Å². The third kappa shape index (κ3) is 1.75. The summed E-state index contributed by atoms with van der Waals surface area (Å²) in [6, 6.07) is 10.5. The molecule has 0 aliphatic carbocycles. The molecule has 86 valence electrons. The van der Waals surface area contributed by atoms with Crippen LogP contribution in [0.2, 0.25) is 0 Å². The van der Waals surface area contributed by atoms with Crippen LogP contribution in [-0.4, -0.2) is 15.9 Å².